The van der Waals surface area contributed by atoms with Crippen LogP contribution in [0.15, 0.2) is 12.1 Å². The van der Waals surface area contributed by atoms with Gasteiger partial charge in [-0.25, -0.2) is 0 Å². The quantitative estimate of drug-likeness (QED) is 0.708. The molecule has 1 fully saturated rings. The zero-order valence-electron chi connectivity index (χ0n) is 6.98. The number of hydrogen-bond donors (Lipinski definition) is 2. The van der Waals surface area contributed by atoms with Gasteiger partial charge in [0.15, 0.2) is 0 Å². The van der Waals surface area contributed by atoms with Crippen molar-refractivity contribution in [3.63, 3.8) is 0 Å². The van der Waals surface area contributed by atoms with E-state index in [0.29, 0.717) is 21.7 Å². The van der Waals surface area contributed by atoms with Crippen molar-refractivity contribution >= 4 is 28.9 Å². The van der Waals surface area contributed by atoms with Crippen LogP contribution in [-0.4, -0.2) is 13.1 Å². The molecule has 4 heteroatoms. The van der Waals surface area contributed by atoms with Crippen LogP contribution in [0.2, 0.25) is 10.0 Å². The lowest BCUT2D eigenvalue weighted by Gasteiger charge is -2.28. The fourth-order valence-electron chi connectivity index (χ4n) is 1.36. The van der Waals surface area contributed by atoms with Gasteiger partial charge in [-0.1, -0.05) is 23.2 Å². The summed E-state index contributed by atoms with van der Waals surface area (Å²) in [5, 5.41) is 4.30. The normalized spacial score (nSPS) is 17.1. The van der Waals surface area contributed by atoms with Crippen LogP contribution < -0.4 is 11.1 Å². The van der Waals surface area contributed by atoms with Crippen molar-refractivity contribution in [2.75, 3.05) is 18.8 Å². The molecule has 2 rings (SSSR count). The van der Waals surface area contributed by atoms with E-state index in [9.17, 15) is 0 Å². The van der Waals surface area contributed by atoms with Crippen molar-refractivity contribution in [2.24, 2.45) is 0 Å². The van der Waals surface area contributed by atoms with E-state index in [1.165, 1.54) is 5.56 Å². The van der Waals surface area contributed by atoms with E-state index in [-0.39, 0.29) is 0 Å². The van der Waals surface area contributed by atoms with Crippen molar-refractivity contribution in [3.05, 3.63) is 27.7 Å². The van der Waals surface area contributed by atoms with Gasteiger partial charge in [0.05, 0.1) is 15.7 Å². The molecule has 0 unspecified atom stereocenters. The summed E-state index contributed by atoms with van der Waals surface area (Å²) in [6, 6.07) is 3.79. The molecule has 1 saturated heterocycles. The number of nitrogen functional groups attached to an aromatic ring is 1. The van der Waals surface area contributed by atoms with Gasteiger partial charge in [-0.3, -0.25) is 0 Å². The Balaban J connectivity index is 2.37. The fraction of sp³-hybridized carbons (Fsp3) is 0.333. The molecule has 0 aromatic heterocycles. The molecular weight excluding hydrogens is 207 g/mol. The lowest BCUT2D eigenvalue weighted by Crippen LogP contribution is -2.39. The van der Waals surface area contributed by atoms with Crippen LogP contribution in [0.3, 0.4) is 0 Å². The maximum Gasteiger partial charge on any atom is 0.0693 e. The summed E-state index contributed by atoms with van der Waals surface area (Å²) in [7, 11) is 0. The maximum absolute atomic E-state index is 5.91. The molecule has 1 aliphatic rings. The maximum atomic E-state index is 5.91. The molecule has 0 atom stereocenters. The average molecular weight is 217 g/mol. The molecular formula is C9H10Cl2N2. The summed E-state index contributed by atoms with van der Waals surface area (Å²) in [6.45, 7) is 1.99. The third-order valence-electron chi connectivity index (χ3n) is 2.35. The third kappa shape index (κ3) is 1.62. The zero-order valence-corrected chi connectivity index (χ0v) is 8.49. The molecule has 0 spiro atoms. The van der Waals surface area contributed by atoms with E-state index in [1.807, 2.05) is 12.1 Å². The molecule has 1 aliphatic heterocycles. The Hall–Kier alpha value is -0.440. The Morgan fingerprint density at radius 2 is 1.77 bits per heavy atom. The van der Waals surface area contributed by atoms with Gasteiger partial charge in [0.2, 0.25) is 0 Å². The SMILES string of the molecule is Nc1c(Cl)cc(C2CNC2)cc1Cl. The van der Waals surface area contributed by atoms with E-state index < -0.39 is 0 Å². The minimum absolute atomic E-state index is 0.472. The smallest absolute Gasteiger partial charge is 0.0693 e. The number of nitrogens with two attached hydrogens (primary N) is 1. The highest BCUT2D eigenvalue weighted by Gasteiger charge is 2.20. The number of benzene rings is 1. The van der Waals surface area contributed by atoms with Crippen LogP contribution in [0.5, 0.6) is 0 Å². The molecule has 0 bridgehead atoms. The molecule has 0 aliphatic carbocycles. The highest BCUT2D eigenvalue weighted by Crippen LogP contribution is 2.32. The minimum atomic E-state index is 0.472. The van der Waals surface area contributed by atoms with Gasteiger partial charge in [0.25, 0.3) is 0 Å². The van der Waals surface area contributed by atoms with Gasteiger partial charge in [-0.05, 0) is 17.7 Å². The summed E-state index contributed by atoms with van der Waals surface area (Å²) in [4.78, 5) is 0. The lowest BCUT2D eigenvalue weighted by atomic mass is 9.94. The van der Waals surface area contributed by atoms with E-state index >= 15 is 0 Å². The fourth-order valence-corrected chi connectivity index (χ4v) is 1.87. The number of hydrogen-bond acceptors (Lipinski definition) is 2. The predicted octanol–water partition coefficient (Wildman–Crippen LogP) is 2.26. The number of rotatable bonds is 1. The van der Waals surface area contributed by atoms with Gasteiger partial charge in [0, 0.05) is 19.0 Å². The van der Waals surface area contributed by atoms with Crippen LogP contribution in [0.1, 0.15) is 11.5 Å². The molecule has 1 aromatic rings. The summed E-state index contributed by atoms with van der Waals surface area (Å²) >= 11 is 11.8. The average Bonchev–Trinajstić information content (AvgIpc) is 1.96. The van der Waals surface area contributed by atoms with Crippen molar-refractivity contribution in [1.29, 1.82) is 0 Å². The summed E-state index contributed by atoms with van der Waals surface area (Å²) < 4.78 is 0. The lowest BCUT2D eigenvalue weighted by molar-refractivity contribution is 0.448. The minimum Gasteiger partial charge on any atom is -0.396 e. The van der Waals surface area contributed by atoms with Crippen LogP contribution in [0, 0.1) is 0 Å². The van der Waals surface area contributed by atoms with Gasteiger partial charge in [0.1, 0.15) is 0 Å². The first-order chi connectivity index (χ1) is 6.18. The second-order valence-corrected chi connectivity index (χ2v) is 4.07. The van der Waals surface area contributed by atoms with E-state index in [1.54, 1.807) is 0 Å². The first-order valence-electron chi connectivity index (χ1n) is 4.13. The Morgan fingerprint density at radius 1 is 1.23 bits per heavy atom. The predicted molar refractivity (Wildman–Crippen MR) is 56.5 cm³/mol. The van der Waals surface area contributed by atoms with Gasteiger partial charge in [-0.2, -0.15) is 0 Å². The molecule has 1 aromatic carbocycles. The molecule has 70 valence electrons. The Bertz CT molecular complexity index is 311. The summed E-state index contributed by atoms with van der Waals surface area (Å²) in [5.74, 6) is 0.538. The zero-order chi connectivity index (χ0) is 9.42. The molecule has 0 amide bonds. The topological polar surface area (TPSA) is 38.0 Å². The largest absolute Gasteiger partial charge is 0.396 e. The second kappa shape index (κ2) is 3.37. The van der Waals surface area contributed by atoms with Crippen LogP contribution in [-0.2, 0) is 0 Å². The van der Waals surface area contributed by atoms with Gasteiger partial charge >= 0.3 is 0 Å². The molecule has 2 nitrogen and oxygen atoms in total. The van der Waals surface area contributed by atoms with E-state index in [0.717, 1.165) is 13.1 Å². The highest BCUT2D eigenvalue weighted by molar-refractivity contribution is 6.38. The molecule has 3 N–H and O–H groups in total. The standard InChI is InChI=1S/C9H10Cl2N2/c10-7-1-5(6-3-13-4-6)2-8(11)9(7)12/h1-2,6,13H,3-4,12H2. The van der Waals surface area contributed by atoms with Crippen molar-refractivity contribution < 1.29 is 0 Å². The highest BCUT2D eigenvalue weighted by atomic mass is 35.5. The van der Waals surface area contributed by atoms with Gasteiger partial charge in [-0.15, -0.1) is 0 Å². The first-order valence-corrected chi connectivity index (χ1v) is 4.89. The first kappa shape index (κ1) is 9.13. The van der Waals surface area contributed by atoms with Crippen molar-refractivity contribution in [3.8, 4) is 0 Å². The third-order valence-corrected chi connectivity index (χ3v) is 2.98. The van der Waals surface area contributed by atoms with E-state index in [4.69, 9.17) is 28.9 Å². The Labute approximate surface area is 87.0 Å². The van der Waals surface area contributed by atoms with E-state index in [2.05, 4.69) is 5.32 Å². The van der Waals surface area contributed by atoms with Crippen LogP contribution in [0.25, 0.3) is 0 Å². The molecule has 13 heavy (non-hydrogen) atoms. The molecule has 0 saturated carbocycles. The summed E-state index contributed by atoms with van der Waals surface area (Å²) in [5.41, 5.74) is 7.27. The molecule has 1 heterocycles. The monoisotopic (exact) mass is 216 g/mol. The van der Waals surface area contributed by atoms with Crippen molar-refractivity contribution in [2.45, 2.75) is 5.92 Å². The second-order valence-electron chi connectivity index (χ2n) is 3.25. The number of anilines is 1. The summed E-state index contributed by atoms with van der Waals surface area (Å²) in [6.07, 6.45) is 0. The van der Waals surface area contributed by atoms with Crippen LogP contribution >= 0.6 is 23.2 Å². The van der Waals surface area contributed by atoms with Crippen molar-refractivity contribution in [1.82, 2.24) is 5.32 Å². The Kier molecular flexibility index (Phi) is 2.37. The number of halogens is 2. The van der Waals surface area contributed by atoms with Crippen LogP contribution in [0.4, 0.5) is 5.69 Å². The Morgan fingerprint density at radius 3 is 2.15 bits per heavy atom. The van der Waals surface area contributed by atoms with Gasteiger partial charge < -0.3 is 11.1 Å². The molecule has 0 radical (unpaired) electrons. The number of nitrogens with one attached hydrogen (secondary N) is 1.